The number of hydrogen-bond donors (Lipinski definition) is 2. The van der Waals surface area contributed by atoms with Gasteiger partial charge in [0, 0.05) is 5.41 Å². The molecule has 0 aliphatic heterocycles. The van der Waals surface area contributed by atoms with Gasteiger partial charge in [-0.1, -0.05) is 52.8 Å². The molecule has 1 aromatic rings. The number of benzene rings is 1. The Morgan fingerprint density at radius 2 is 2.00 bits per heavy atom. The molecular formula is C19H29NO2. The minimum Gasteiger partial charge on any atom is -0.388 e. The summed E-state index contributed by atoms with van der Waals surface area (Å²) in [5.74, 6) is 0.268. The van der Waals surface area contributed by atoms with Crippen LogP contribution in [-0.4, -0.2) is 11.0 Å². The van der Waals surface area contributed by atoms with E-state index in [0.717, 1.165) is 24.8 Å². The summed E-state index contributed by atoms with van der Waals surface area (Å²) in [4.78, 5) is 12.3. The number of hydrogen-bond acceptors (Lipinski definition) is 2. The molecular weight excluding hydrogens is 274 g/mol. The first kappa shape index (κ1) is 17.0. The van der Waals surface area contributed by atoms with Gasteiger partial charge in [-0.3, -0.25) is 4.79 Å². The Labute approximate surface area is 134 Å². The second-order valence-electron chi connectivity index (χ2n) is 7.82. The first-order chi connectivity index (χ1) is 10.2. The minimum atomic E-state index is -0.453. The fraction of sp³-hybridized carbons (Fsp3) is 0.632. The van der Waals surface area contributed by atoms with Gasteiger partial charge in [0.15, 0.2) is 0 Å². The van der Waals surface area contributed by atoms with Gasteiger partial charge in [0.05, 0.1) is 12.1 Å². The van der Waals surface area contributed by atoms with Crippen molar-refractivity contribution in [2.45, 2.75) is 66.0 Å². The van der Waals surface area contributed by atoms with Crippen molar-refractivity contribution in [3.63, 3.8) is 0 Å². The van der Waals surface area contributed by atoms with Gasteiger partial charge in [0.2, 0.25) is 5.91 Å². The van der Waals surface area contributed by atoms with E-state index in [1.807, 2.05) is 40.7 Å². The van der Waals surface area contributed by atoms with Crippen molar-refractivity contribution in [3.05, 3.63) is 34.9 Å². The van der Waals surface area contributed by atoms with E-state index in [2.05, 4.69) is 17.4 Å². The van der Waals surface area contributed by atoms with E-state index in [1.54, 1.807) is 0 Å². The van der Waals surface area contributed by atoms with Gasteiger partial charge in [-0.15, -0.1) is 0 Å². The van der Waals surface area contributed by atoms with Gasteiger partial charge in [-0.2, -0.15) is 0 Å². The number of rotatable bonds is 3. The monoisotopic (exact) mass is 303 g/mol. The average molecular weight is 303 g/mol. The number of fused-ring (bicyclic) bond motifs is 1. The van der Waals surface area contributed by atoms with Crippen molar-refractivity contribution in [3.8, 4) is 0 Å². The van der Waals surface area contributed by atoms with Crippen LogP contribution in [0, 0.1) is 11.3 Å². The predicted molar refractivity (Wildman–Crippen MR) is 89.5 cm³/mol. The van der Waals surface area contributed by atoms with E-state index >= 15 is 0 Å². The van der Waals surface area contributed by atoms with Crippen LogP contribution in [0.1, 0.15) is 76.3 Å². The molecule has 1 aliphatic carbocycles. The first-order valence-electron chi connectivity index (χ1n) is 8.32. The molecule has 2 atom stereocenters. The maximum absolute atomic E-state index is 12.3. The molecule has 0 saturated heterocycles. The fourth-order valence-corrected chi connectivity index (χ4v) is 2.91. The van der Waals surface area contributed by atoms with E-state index in [1.165, 1.54) is 11.1 Å². The molecule has 2 unspecified atom stereocenters. The highest BCUT2D eigenvalue weighted by Crippen LogP contribution is 2.33. The van der Waals surface area contributed by atoms with Gasteiger partial charge in [-0.05, 0) is 41.9 Å². The lowest BCUT2D eigenvalue weighted by Crippen LogP contribution is -2.38. The van der Waals surface area contributed by atoms with Crippen molar-refractivity contribution in [1.29, 1.82) is 0 Å². The average Bonchev–Trinajstić information content (AvgIpc) is 2.45. The van der Waals surface area contributed by atoms with E-state index < -0.39 is 6.10 Å². The van der Waals surface area contributed by atoms with E-state index in [0.29, 0.717) is 0 Å². The molecule has 1 amide bonds. The number of aliphatic hydroxyl groups is 1. The number of aryl methyl sites for hydroxylation is 1. The number of carbonyl (C=O) groups excluding carboxylic acids is 1. The van der Waals surface area contributed by atoms with Crippen LogP contribution >= 0.6 is 0 Å². The van der Waals surface area contributed by atoms with Gasteiger partial charge in [0.25, 0.3) is 0 Å². The molecule has 3 heteroatoms. The Morgan fingerprint density at radius 3 is 2.59 bits per heavy atom. The normalized spacial score (nSPS) is 19.7. The molecule has 1 aromatic carbocycles. The van der Waals surface area contributed by atoms with E-state index in [9.17, 15) is 9.90 Å². The fourth-order valence-electron chi connectivity index (χ4n) is 2.91. The highest BCUT2D eigenvalue weighted by Gasteiger charge is 2.28. The van der Waals surface area contributed by atoms with Crippen molar-refractivity contribution in [1.82, 2.24) is 5.32 Å². The topological polar surface area (TPSA) is 49.3 Å². The molecule has 2 N–H and O–H groups in total. The summed E-state index contributed by atoms with van der Waals surface area (Å²) in [7, 11) is 0. The molecule has 0 saturated carbocycles. The molecule has 0 fully saturated rings. The smallest absolute Gasteiger partial charge is 0.225 e. The molecule has 0 bridgehead atoms. The van der Waals surface area contributed by atoms with Crippen LogP contribution in [0.3, 0.4) is 0 Å². The van der Waals surface area contributed by atoms with Gasteiger partial charge >= 0.3 is 0 Å². The lowest BCUT2D eigenvalue weighted by Gasteiger charge is -2.30. The zero-order valence-corrected chi connectivity index (χ0v) is 14.4. The summed E-state index contributed by atoms with van der Waals surface area (Å²) >= 11 is 0. The van der Waals surface area contributed by atoms with Crippen LogP contribution in [0.25, 0.3) is 0 Å². The van der Waals surface area contributed by atoms with Gasteiger partial charge in [0.1, 0.15) is 0 Å². The van der Waals surface area contributed by atoms with Crippen LogP contribution in [0.2, 0.25) is 0 Å². The van der Waals surface area contributed by atoms with E-state index in [4.69, 9.17) is 0 Å². The van der Waals surface area contributed by atoms with E-state index in [-0.39, 0.29) is 23.3 Å². The number of amides is 1. The largest absolute Gasteiger partial charge is 0.388 e. The van der Waals surface area contributed by atoms with Gasteiger partial charge < -0.3 is 10.4 Å². The van der Waals surface area contributed by atoms with Crippen LogP contribution in [0.15, 0.2) is 18.2 Å². The molecule has 0 aromatic heterocycles. The minimum absolute atomic E-state index is 0.0646. The maximum atomic E-state index is 12.3. The van der Waals surface area contributed by atoms with Crippen LogP contribution < -0.4 is 5.32 Å². The summed E-state index contributed by atoms with van der Waals surface area (Å²) in [5.41, 5.74) is 3.05. The Bertz CT molecular complexity index is 543. The third kappa shape index (κ3) is 3.70. The summed E-state index contributed by atoms with van der Waals surface area (Å²) in [6, 6.07) is 6.30. The first-order valence-corrected chi connectivity index (χ1v) is 8.32. The molecule has 2 rings (SSSR count). The second-order valence-corrected chi connectivity index (χ2v) is 7.82. The van der Waals surface area contributed by atoms with Crippen molar-refractivity contribution in [2.75, 3.05) is 0 Å². The Balaban J connectivity index is 2.28. The lowest BCUT2D eigenvalue weighted by molar-refractivity contribution is -0.129. The maximum Gasteiger partial charge on any atom is 0.225 e. The third-order valence-corrected chi connectivity index (χ3v) is 4.44. The summed E-state index contributed by atoms with van der Waals surface area (Å²) < 4.78 is 0. The molecule has 0 heterocycles. The Morgan fingerprint density at radius 1 is 1.32 bits per heavy atom. The van der Waals surface area contributed by atoms with Crippen molar-refractivity contribution in [2.24, 2.45) is 11.3 Å². The molecule has 0 radical (unpaired) electrons. The number of aliphatic hydroxyl groups excluding tert-OH is 1. The van der Waals surface area contributed by atoms with Gasteiger partial charge in [-0.25, -0.2) is 0 Å². The third-order valence-electron chi connectivity index (χ3n) is 4.44. The zero-order valence-electron chi connectivity index (χ0n) is 14.4. The predicted octanol–water partition coefficient (Wildman–Crippen LogP) is 3.92. The van der Waals surface area contributed by atoms with Crippen LogP contribution in [0.5, 0.6) is 0 Å². The molecule has 3 nitrogen and oxygen atoms in total. The standard InChI is InChI=1S/C19H29NO2/c1-12(2)17(21)14-10-9-13-7-6-8-16(15(13)11-14)20-18(22)19(3,4)5/h9-12,16-17,21H,6-8H2,1-5H3,(H,20,22). The summed E-state index contributed by atoms with van der Waals surface area (Å²) in [6.45, 7) is 9.84. The number of nitrogens with one attached hydrogen (secondary N) is 1. The quantitative estimate of drug-likeness (QED) is 0.889. The lowest BCUT2D eigenvalue weighted by atomic mass is 9.84. The SMILES string of the molecule is CC(C)C(O)c1ccc2c(c1)C(NC(=O)C(C)(C)C)CCC2. The van der Waals surface area contributed by atoms with Crippen LogP contribution in [0.4, 0.5) is 0 Å². The molecule has 22 heavy (non-hydrogen) atoms. The molecule has 122 valence electrons. The van der Waals surface area contributed by atoms with Crippen LogP contribution in [-0.2, 0) is 11.2 Å². The summed E-state index contributed by atoms with van der Waals surface area (Å²) in [6.07, 6.45) is 2.66. The highest BCUT2D eigenvalue weighted by atomic mass is 16.3. The zero-order chi connectivity index (χ0) is 16.5. The summed E-state index contributed by atoms with van der Waals surface area (Å²) in [5, 5.41) is 13.5. The number of carbonyl (C=O) groups is 1. The Hall–Kier alpha value is -1.35. The second kappa shape index (κ2) is 6.41. The molecule has 1 aliphatic rings. The highest BCUT2D eigenvalue weighted by molar-refractivity contribution is 5.81. The molecule has 0 spiro atoms. The van der Waals surface area contributed by atoms with Crippen molar-refractivity contribution >= 4 is 5.91 Å². The Kier molecular flexibility index (Phi) is 4.96. The van der Waals surface area contributed by atoms with Crippen molar-refractivity contribution < 1.29 is 9.90 Å².